The van der Waals surface area contributed by atoms with Crippen molar-refractivity contribution in [1.29, 1.82) is 5.26 Å². The van der Waals surface area contributed by atoms with Gasteiger partial charge in [-0.3, -0.25) is 4.79 Å². The highest BCUT2D eigenvalue weighted by Gasteiger charge is 2.14. The molecule has 0 aliphatic rings. The zero-order valence-electron chi connectivity index (χ0n) is 16.4. The van der Waals surface area contributed by atoms with E-state index in [-0.39, 0.29) is 17.1 Å². The van der Waals surface area contributed by atoms with Crippen LogP contribution in [0.1, 0.15) is 17.5 Å². The number of amides is 1. The van der Waals surface area contributed by atoms with Crippen LogP contribution in [0.5, 0.6) is 11.5 Å². The van der Waals surface area contributed by atoms with Gasteiger partial charge >= 0.3 is 5.97 Å². The van der Waals surface area contributed by atoms with E-state index in [9.17, 15) is 14.9 Å². The zero-order chi connectivity index (χ0) is 21.9. The molecule has 0 saturated heterocycles. The molecule has 0 saturated carbocycles. The second kappa shape index (κ2) is 11.6. The van der Waals surface area contributed by atoms with Gasteiger partial charge in [-0.25, -0.2) is 4.79 Å². The van der Waals surface area contributed by atoms with E-state index in [1.807, 2.05) is 36.4 Å². The van der Waals surface area contributed by atoms with Crippen molar-refractivity contribution in [2.24, 2.45) is 0 Å². The Kier molecular flexibility index (Phi) is 8.91. The number of rotatable bonds is 10. The Morgan fingerprint density at radius 3 is 2.63 bits per heavy atom. The lowest BCUT2D eigenvalue weighted by Crippen LogP contribution is -2.25. The number of carbonyl (C=O) groups excluding carboxylic acids is 1. The predicted molar refractivity (Wildman–Crippen MR) is 115 cm³/mol. The van der Waals surface area contributed by atoms with Gasteiger partial charge in [-0.15, -0.1) is 0 Å². The number of methoxy groups -OCH3 is 1. The highest BCUT2D eigenvalue weighted by Crippen LogP contribution is 2.37. The summed E-state index contributed by atoms with van der Waals surface area (Å²) in [5.41, 5.74) is 1.66. The van der Waals surface area contributed by atoms with E-state index in [1.54, 1.807) is 12.1 Å². The normalized spacial score (nSPS) is 10.8. The largest absolute Gasteiger partial charge is 0.493 e. The number of ether oxygens (including phenoxy) is 2. The number of hydrogen-bond donors (Lipinski definition) is 2. The van der Waals surface area contributed by atoms with Crippen molar-refractivity contribution in [3.63, 3.8) is 0 Å². The predicted octanol–water partition coefficient (Wildman–Crippen LogP) is 3.58. The van der Waals surface area contributed by atoms with Gasteiger partial charge in [0.25, 0.3) is 5.91 Å². The molecule has 2 aromatic carbocycles. The number of nitriles is 1. The summed E-state index contributed by atoms with van der Waals surface area (Å²) in [6, 6.07) is 15.0. The van der Waals surface area contributed by atoms with E-state index in [2.05, 4.69) is 21.2 Å². The van der Waals surface area contributed by atoms with Crippen molar-refractivity contribution in [2.45, 2.75) is 12.8 Å². The number of benzene rings is 2. The first-order valence-electron chi connectivity index (χ1n) is 9.10. The first-order chi connectivity index (χ1) is 14.4. The van der Waals surface area contributed by atoms with Crippen LogP contribution in [0.3, 0.4) is 0 Å². The highest BCUT2D eigenvalue weighted by molar-refractivity contribution is 9.10. The number of aryl methyl sites for hydroxylation is 1. The standard InChI is InChI=1S/C22H21BrN2O5/c1-29-19-12-16(11-18(23)21(19)30-14-20(26)27)10-17(13-24)22(28)25-9-5-8-15-6-3-2-4-7-15/h2-4,6-7,10-12H,5,8-9,14H2,1H3,(H,25,28)(H,26,27)/b17-10-. The molecule has 8 heteroatoms. The van der Waals surface area contributed by atoms with Crippen LogP contribution < -0.4 is 14.8 Å². The summed E-state index contributed by atoms with van der Waals surface area (Å²) in [6.45, 7) is -0.0826. The minimum atomic E-state index is -1.12. The minimum Gasteiger partial charge on any atom is -0.493 e. The fourth-order valence-corrected chi connectivity index (χ4v) is 3.22. The molecule has 156 valence electrons. The lowest BCUT2D eigenvalue weighted by Gasteiger charge is -2.12. The number of aliphatic carboxylic acids is 1. The van der Waals surface area contributed by atoms with Gasteiger partial charge in [0.15, 0.2) is 18.1 Å². The van der Waals surface area contributed by atoms with E-state index >= 15 is 0 Å². The van der Waals surface area contributed by atoms with Gasteiger partial charge in [-0.1, -0.05) is 30.3 Å². The van der Waals surface area contributed by atoms with Gasteiger partial charge in [0, 0.05) is 6.54 Å². The van der Waals surface area contributed by atoms with Crippen molar-refractivity contribution < 1.29 is 24.2 Å². The number of carboxylic acid groups (broad SMARTS) is 1. The van der Waals surface area contributed by atoms with Gasteiger partial charge in [-0.05, 0) is 58.1 Å². The smallest absolute Gasteiger partial charge is 0.341 e. The number of halogens is 1. The van der Waals surface area contributed by atoms with Crippen molar-refractivity contribution in [1.82, 2.24) is 5.32 Å². The SMILES string of the molecule is COc1cc(/C=C(/C#N)C(=O)NCCCc2ccccc2)cc(Br)c1OCC(=O)O. The van der Waals surface area contributed by atoms with Crippen LogP contribution in [-0.2, 0) is 16.0 Å². The molecule has 30 heavy (non-hydrogen) atoms. The number of hydrogen-bond acceptors (Lipinski definition) is 5. The molecule has 0 heterocycles. The maximum absolute atomic E-state index is 12.3. The van der Waals surface area contributed by atoms with Gasteiger partial charge < -0.3 is 19.9 Å². The Bertz CT molecular complexity index is 967. The third kappa shape index (κ3) is 6.94. The lowest BCUT2D eigenvalue weighted by molar-refractivity contribution is -0.139. The summed E-state index contributed by atoms with van der Waals surface area (Å²) in [6.07, 6.45) is 3.01. The van der Waals surface area contributed by atoms with Crippen molar-refractivity contribution in [3.05, 3.63) is 63.6 Å². The summed E-state index contributed by atoms with van der Waals surface area (Å²) in [4.78, 5) is 23.1. The second-order valence-electron chi connectivity index (χ2n) is 6.23. The molecule has 0 unspecified atom stereocenters. The maximum atomic E-state index is 12.3. The fourth-order valence-electron chi connectivity index (χ4n) is 2.65. The molecule has 1 amide bonds. The minimum absolute atomic E-state index is 0.0529. The van der Waals surface area contributed by atoms with Crippen LogP contribution in [0.4, 0.5) is 0 Å². The van der Waals surface area contributed by atoms with Crippen molar-refractivity contribution >= 4 is 33.9 Å². The van der Waals surface area contributed by atoms with Crippen LogP contribution in [0.25, 0.3) is 6.08 Å². The topological polar surface area (TPSA) is 109 Å². The monoisotopic (exact) mass is 472 g/mol. The Labute approximate surface area is 183 Å². The molecule has 0 aliphatic carbocycles. The number of nitrogens with one attached hydrogen (secondary N) is 1. The Balaban J connectivity index is 2.05. The zero-order valence-corrected chi connectivity index (χ0v) is 17.9. The molecule has 0 radical (unpaired) electrons. The average Bonchev–Trinajstić information content (AvgIpc) is 2.74. The maximum Gasteiger partial charge on any atom is 0.341 e. The van der Waals surface area contributed by atoms with Crippen LogP contribution in [-0.4, -0.2) is 37.2 Å². The van der Waals surface area contributed by atoms with Crippen LogP contribution in [0, 0.1) is 11.3 Å². The van der Waals surface area contributed by atoms with Crippen LogP contribution in [0.15, 0.2) is 52.5 Å². The third-order valence-corrected chi connectivity index (χ3v) is 4.63. The molecular formula is C22H21BrN2O5. The van der Waals surface area contributed by atoms with Crippen molar-refractivity contribution in [2.75, 3.05) is 20.3 Å². The van der Waals surface area contributed by atoms with E-state index in [0.29, 0.717) is 16.6 Å². The number of carboxylic acids is 1. The Morgan fingerprint density at radius 1 is 1.27 bits per heavy atom. The summed E-state index contributed by atoms with van der Waals surface area (Å²) >= 11 is 3.30. The lowest BCUT2D eigenvalue weighted by atomic mass is 10.1. The molecule has 0 bridgehead atoms. The quantitative estimate of drug-likeness (QED) is 0.310. The fraction of sp³-hybridized carbons (Fsp3) is 0.227. The molecule has 0 fully saturated rings. The van der Waals surface area contributed by atoms with Gasteiger partial charge in [0.1, 0.15) is 11.6 Å². The van der Waals surface area contributed by atoms with E-state index < -0.39 is 18.5 Å². The van der Waals surface area contributed by atoms with E-state index in [1.165, 1.54) is 18.7 Å². The van der Waals surface area contributed by atoms with Gasteiger partial charge in [-0.2, -0.15) is 5.26 Å². The number of carbonyl (C=O) groups is 2. The molecule has 2 rings (SSSR count). The van der Waals surface area contributed by atoms with Gasteiger partial charge in [0.2, 0.25) is 0 Å². The average molecular weight is 473 g/mol. The van der Waals surface area contributed by atoms with Crippen LogP contribution in [0.2, 0.25) is 0 Å². The van der Waals surface area contributed by atoms with Gasteiger partial charge in [0.05, 0.1) is 11.6 Å². The second-order valence-corrected chi connectivity index (χ2v) is 7.09. The molecule has 0 atom stereocenters. The summed E-state index contributed by atoms with van der Waals surface area (Å²) in [5.74, 6) is -1.09. The Hall–Kier alpha value is -3.31. The first-order valence-corrected chi connectivity index (χ1v) is 9.90. The van der Waals surface area contributed by atoms with Crippen LogP contribution >= 0.6 is 15.9 Å². The third-order valence-electron chi connectivity index (χ3n) is 4.04. The molecule has 0 spiro atoms. The Morgan fingerprint density at radius 2 is 2.00 bits per heavy atom. The van der Waals surface area contributed by atoms with Crippen molar-refractivity contribution in [3.8, 4) is 17.6 Å². The summed E-state index contributed by atoms with van der Waals surface area (Å²) in [7, 11) is 1.41. The molecule has 7 nitrogen and oxygen atoms in total. The molecule has 0 aliphatic heterocycles. The van der Waals surface area contributed by atoms with E-state index in [0.717, 1.165) is 12.8 Å². The molecular weight excluding hydrogens is 452 g/mol. The molecule has 2 aromatic rings. The first kappa shape index (κ1) is 23.0. The summed E-state index contributed by atoms with van der Waals surface area (Å²) < 4.78 is 10.9. The summed E-state index contributed by atoms with van der Waals surface area (Å²) in [5, 5.41) is 20.9. The highest BCUT2D eigenvalue weighted by atomic mass is 79.9. The molecule has 0 aromatic heterocycles. The molecule has 2 N–H and O–H groups in total. The number of nitrogens with zero attached hydrogens (tertiary/aromatic N) is 1. The van der Waals surface area contributed by atoms with E-state index in [4.69, 9.17) is 14.6 Å².